The van der Waals surface area contributed by atoms with Gasteiger partial charge in [-0.05, 0) is 17.7 Å². The zero-order valence-corrected chi connectivity index (χ0v) is 18.4. The molecule has 0 spiro atoms. The second-order valence-electron chi connectivity index (χ2n) is 8.17. The molecule has 7 nitrogen and oxygen atoms in total. The van der Waals surface area contributed by atoms with Gasteiger partial charge in [-0.1, -0.05) is 54.6 Å². The Morgan fingerprint density at radius 1 is 0.771 bits per heavy atom. The number of hydrogen-bond donors (Lipinski definition) is 2. The third-order valence-corrected chi connectivity index (χ3v) is 6.27. The van der Waals surface area contributed by atoms with Crippen molar-refractivity contribution in [3.05, 3.63) is 106 Å². The highest BCUT2D eigenvalue weighted by molar-refractivity contribution is 6.31. The quantitative estimate of drug-likeness (QED) is 0.360. The third kappa shape index (κ3) is 2.95. The van der Waals surface area contributed by atoms with Crippen LogP contribution in [-0.4, -0.2) is 28.8 Å². The molecule has 0 aliphatic heterocycles. The van der Waals surface area contributed by atoms with E-state index in [4.69, 9.17) is 9.15 Å². The molecular formula is C28H17NO6. The first-order valence-corrected chi connectivity index (χ1v) is 10.8. The topological polar surface area (TPSA) is 110 Å². The third-order valence-electron chi connectivity index (χ3n) is 6.27. The molecule has 3 aromatic carbocycles. The molecule has 170 valence electrons. The Morgan fingerprint density at radius 2 is 1.46 bits per heavy atom. The van der Waals surface area contributed by atoms with E-state index in [9.17, 15) is 19.5 Å². The number of aromatic nitrogens is 1. The van der Waals surface area contributed by atoms with Crippen molar-refractivity contribution >= 4 is 22.5 Å². The summed E-state index contributed by atoms with van der Waals surface area (Å²) in [6.07, 6.45) is 0. The number of ketones is 2. The summed E-state index contributed by atoms with van der Waals surface area (Å²) in [6.45, 7) is 0. The normalized spacial score (nSPS) is 12.5. The van der Waals surface area contributed by atoms with Gasteiger partial charge in [-0.2, -0.15) is 0 Å². The van der Waals surface area contributed by atoms with Gasteiger partial charge in [0.05, 0.1) is 29.4 Å². The van der Waals surface area contributed by atoms with E-state index in [-0.39, 0.29) is 56.0 Å². The molecule has 0 fully saturated rings. The molecule has 0 unspecified atom stereocenters. The van der Waals surface area contributed by atoms with Gasteiger partial charge in [0.15, 0.2) is 5.78 Å². The highest BCUT2D eigenvalue weighted by atomic mass is 16.5. The van der Waals surface area contributed by atoms with Gasteiger partial charge < -0.3 is 19.2 Å². The van der Waals surface area contributed by atoms with Gasteiger partial charge in [0, 0.05) is 22.8 Å². The molecule has 7 heteroatoms. The molecule has 5 aromatic rings. The Balaban J connectivity index is 1.73. The van der Waals surface area contributed by atoms with Gasteiger partial charge in [-0.3, -0.25) is 9.59 Å². The summed E-state index contributed by atoms with van der Waals surface area (Å²) in [7, 11) is 1.48. The maximum atomic E-state index is 13.7. The summed E-state index contributed by atoms with van der Waals surface area (Å²) < 4.78 is 10.7. The van der Waals surface area contributed by atoms with Crippen LogP contribution < -0.4 is 10.4 Å². The van der Waals surface area contributed by atoms with Crippen LogP contribution in [0.4, 0.5) is 0 Å². The number of H-pyrrole nitrogens is 1. The Hall–Kier alpha value is -4.91. The maximum absolute atomic E-state index is 13.7. The first-order chi connectivity index (χ1) is 17.0. The summed E-state index contributed by atoms with van der Waals surface area (Å²) >= 11 is 0. The lowest BCUT2D eigenvalue weighted by Gasteiger charge is -2.15. The fraction of sp³-hybridized carbons (Fsp3) is 0.0357. The molecule has 1 aliphatic rings. The van der Waals surface area contributed by atoms with Crippen LogP contribution in [0, 0.1) is 0 Å². The fourth-order valence-electron chi connectivity index (χ4n) is 4.63. The van der Waals surface area contributed by atoms with Gasteiger partial charge in [0.2, 0.25) is 5.78 Å². The molecule has 0 atom stereocenters. The number of carbonyl (C=O) groups excluding carboxylic acids is 2. The Bertz CT molecular complexity index is 1740. The van der Waals surface area contributed by atoms with Gasteiger partial charge in [0.25, 0.3) is 0 Å². The van der Waals surface area contributed by atoms with Crippen molar-refractivity contribution in [3.63, 3.8) is 0 Å². The van der Waals surface area contributed by atoms with Crippen LogP contribution in [0.2, 0.25) is 0 Å². The summed E-state index contributed by atoms with van der Waals surface area (Å²) in [6, 6.07) is 20.2. The number of nitrogens with one attached hydrogen (secondary N) is 1. The molecule has 2 aromatic heterocycles. The van der Waals surface area contributed by atoms with Crippen LogP contribution in [0.3, 0.4) is 0 Å². The second kappa shape index (κ2) is 7.56. The summed E-state index contributed by atoms with van der Waals surface area (Å²) in [5, 5.41) is 11.5. The van der Waals surface area contributed by atoms with E-state index in [1.165, 1.54) is 13.2 Å². The number of rotatable bonds is 3. The molecule has 0 saturated heterocycles. The largest absolute Gasteiger partial charge is 0.506 e. The van der Waals surface area contributed by atoms with E-state index in [1.54, 1.807) is 60.7 Å². The molecule has 2 N–H and O–H groups in total. The number of methoxy groups -OCH3 is 1. The van der Waals surface area contributed by atoms with E-state index in [0.717, 1.165) is 0 Å². The van der Waals surface area contributed by atoms with Crippen LogP contribution in [0.5, 0.6) is 11.5 Å². The lowest BCUT2D eigenvalue weighted by Crippen LogP contribution is -2.21. The molecule has 0 amide bonds. The Morgan fingerprint density at radius 3 is 2.17 bits per heavy atom. The van der Waals surface area contributed by atoms with Gasteiger partial charge in [-0.25, -0.2) is 4.79 Å². The smallest absolute Gasteiger partial charge is 0.348 e. The minimum Gasteiger partial charge on any atom is -0.506 e. The van der Waals surface area contributed by atoms with Crippen LogP contribution in [0.25, 0.3) is 33.4 Å². The van der Waals surface area contributed by atoms with E-state index in [1.807, 2.05) is 6.07 Å². The molecular weight excluding hydrogens is 446 g/mol. The Labute approximate surface area is 198 Å². The maximum Gasteiger partial charge on any atom is 0.348 e. The number of ether oxygens (including phenoxy) is 1. The van der Waals surface area contributed by atoms with Crippen LogP contribution in [-0.2, 0) is 0 Å². The first kappa shape index (κ1) is 20.7. The second-order valence-corrected chi connectivity index (χ2v) is 8.17. The lowest BCUT2D eigenvalue weighted by molar-refractivity contribution is 0.0977. The number of benzene rings is 3. The van der Waals surface area contributed by atoms with Crippen molar-refractivity contribution in [2.45, 2.75) is 0 Å². The SMILES string of the molecule is COc1ccc2c(O)c(-c3c(-c4ccccc4)[nH]c4c3C(=O)c3ccccc3C4=O)c(=O)oc2c1. The zero-order chi connectivity index (χ0) is 24.3. The highest BCUT2D eigenvalue weighted by Crippen LogP contribution is 2.44. The fourth-order valence-corrected chi connectivity index (χ4v) is 4.63. The minimum atomic E-state index is -0.846. The van der Waals surface area contributed by atoms with Crippen LogP contribution in [0.1, 0.15) is 32.0 Å². The predicted molar refractivity (Wildman–Crippen MR) is 129 cm³/mol. The minimum absolute atomic E-state index is 0.0306. The monoisotopic (exact) mass is 463 g/mol. The molecule has 35 heavy (non-hydrogen) atoms. The molecule has 2 heterocycles. The van der Waals surface area contributed by atoms with Gasteiger partial charge >= 0.3 is 5.63 Å². The number of fused-ring (bicyclic) bond motifs is 3. The summed E-state index contributed by atoms with van der Waals surface area (Å²) in [5.41, 5.74) is 0.825. The van der Waals surface area contributed by atoms with E-state index in [0.29, 0.717) is 17.0 Å². The number of aromatic amines is 1. The van der Waals surface area contributed by atoms with Gasteiger partial charge in [-0.15, -0.1) is 0 Å². The van der Waals surface area contributed by atoms with Crippen LogP contribution in [0.15, 0.2) is 82.0 Å². The summed E-state index contributed by atoms with van der Waals surface area (Å²) in [4.78, 5) is 43.4. The average molecular weight is 463 g/mol. The number of hydrogen-bond acceptors (Lipinski definition) is 6. The molecule has 1 aliphatic carbocycles. The van der Waals surface area contributed by atoms with Crippen molar-refractivity contribution in [2.75, 3.05) is 7.11 Å². The average Bonchev–Trinajstić information content (AvgIpc) is 3.28. The summed E-state index contributed by atoms with van der Waals surface area (Å²) in [5.74, 6) is -0.684. The molecule has 6 rings (SSSR count). The highest BCUT2D eigenvalue weighted by Gasteiger charge is 2.37. The predicted octanol–water partition coefficient (Wildman–Crippen LogP) is 4.94. The van der Waals surface area contributed by atoms with E-state index < -0.39 is 11.4 Å². The molecule has 0 radical (unpaired) electrons. The van der Waals surface area contributed by atoms with Gasteiger partial charge in [0.1, 0.15) is 22.6 Å². The molecule has 0 saturated carbocycles. The zero-order valence-electron chi connectivity index (χ0n) is 18.4. The van der Waals surface area contributed by atoms with Crippen molar-refractivity contribution in [2.24, 2.45) is 0 Å². The van der Waals surface area contributed by atoms with Crippen molar-refractivity contribution in [1.82, 2.24) is 4.98 Å². The van der Waals surface area contributed by atoms with E-state index >= 15 is 0 Å². The first-order valence-electron chi connectivity index (χ1n) is 10.8. The van der Waals surface area contributed by atoms with Crippen LogP contribution >= 0.6 is 0 Å². The van der Waals surface area contributed by atoms with Crippen molar-refractivity contribution < 1.29 is 23.8 Å². The molecule has 0 bridgehead atoms. The van der Waals surface area contributed by atoms with E-state index in [2.05, 4.69) is 4.98 Å². The number of aromatic hydroxyl groups is 1. The standard InChI is InChI=1S/C28H17NO6/c1-34-15-11-12-18-19(13-15)35-28(33)22(26(18)31)20-21-24(29-23(20)14-7-3-2-4-8-14)27(32)17-10-6-5-9-16(17)25(21)30/h2-13,29,31H,1H3. The van der Waals surface area contributed by atoms with Crippen molar-refractivity contribution in [3.8, 4) is 33.9 Å². The number of carbonyl (C=O) groups is 2. The Kier molecular flexibility index (Phi) is 4.47. The lowest BCUT2D eigenvalue weighted by atomic mass is 9.84. The van der Waals surface area contributed by atoms with Crippen molar-refractivity contribution in [1.29, 1.82) is 0 Å².